The van der Waals surface area contributed by atoms with Crippen LogP contribution in [0.25, 0.3) is 10.8 Å². The molecule has 0 N–H and O–H groups in total. The van der Waals surface area contributed by atoms with Gasteiger partial charge in [-0.05, 0) is 73.5 Å². The zero-order chi connectivity index (χ0) is 27.5. The first-order chi connectivity index (χ1) is 18.5. The quantitative estimate of drug-likeness (QED) is 0.190. The van der Waals surface area contributed by atoms with Gasteiger partial charge in [0.2, 0.25) is 0 Å². The average molecular weight is 640 g/mol. The summed E-state index contributed by atoms with van der Waals surface area (Å²) in [5.74, 6) is 1.71. The predicted molar refractivity (Wildman–Crippen MR) is 152 cm³/mol. The predicted octanol–water partition coefficient (Wildman–Crippen LogP) is 3.18. The normalized spacial score (nSPS) is 23.4. The number of ketones is 1. The fraction of sp³-hybridized carbons (Fsp3) is 0.586. The second kappa shape index (κ2) is 16.2. The Hall–Kier alpha value is -1.09. The summed E-state index contributed by atoms with van der Waals surface area (Å²) in [4.78, 5) is 22.1. The van der Waals surface area contributed by atoms with Crippen molar-refractivity contribution in [2.45, 2.75) is 57.0 Å². The maximum absolute atomic E-state index is 13.3. The van der Waals surface area contributed by atoms with E-state index in [0.717, 1.165) is 64.2 Å². The van der Waals surface area contributed by atoms with Crippen LogP contribution in [0.3, 0.4) is 0 Å². The van der Waals surface area contributed by atoms with E-state index in [1.807, 2.05) is 6.92 Å². The third-order valence-corrected chi connectivity index (χ3v) is 8.39. The van der Waals surface area contributed by atoms with Gasteiger partial charge in [0.15, 0.2) is 0 Å². The van der Waals surface area contributed by atoms with Crippen LogP contribution in [0.15, 0.2) is 47.5 Å². The van der Waals surface area contributed by atoms with Crippen molar-refractivity contribution in [1.82, 2.24) is 9.80 Å². The topological polar surface area (TPSA) is 76.0 Å². The molecule has 2 bridgehead atoms. The second-order valence-corrected chi connectivity index (χ2v) is 11.0. The molecule has 2 aliphatic rings. The number of nitrogens with zero attached hydrogens (tertiary/aromatic N) is 3. The molecule has 0 spiro atoms. The summed E-state index contributed by atoms with van der Waals surface area (Å²) in [6, 6.07) is 16.1. The number of benzene rings is 2. The zero-order valence-electron chi connectivity index (χ0n) is 22.1. The van der Waals surface area contributed by atoms with E-state index in [1.165, 1.54) is 16.3 Å². The number of carbonyl (C=O) groups excluding carboxylic acids is 1. The van der Waals surface area contributed by atoms with Crippen molar-refractivity contribution in [2.24, 2.45) is 10.9 Å². The third kappa shape index (κ3) is 7.98. The molecule has 4 rings (SSSR count). The number of rotatable bonds is 13. The molecule has 6 nitrogen and oxygen atoms in total. The number of aliphatic imine (C=N–C) groups is 1. The van der Waals surface area contributed by atoms with Crippen LogP contribution >= 0.6 is 0 Å². The molecule has 2 aromatic carbocycles. The third-order valence-electron chi connectivity index (χ3n) is 8.02. The Morgan fingerprint density at radius 2 is 1.87 bits per heavy atom. The Balaban J connectivity index is 0.00000195. The number of carbonyl (C=O) groups is 1. The molecule has 2 saturated heterocycles. The minimum atomic E-state index is -0.104. The van der Waals surface area contributed by atoms with Gasteiger partial charge in [0.05, 0.1) is 0 Å². The molecule has 0 unspecified atom stereocenters. The summed E-state index contributed by atoms with van der Waals surface area (Å²) in [5, 5.41) is 14.6. The summed E-state index contributed by atoms with van der Waals surface area (Å²) in [5.41, 5.74) is 1.31. The number of piperidine rings is 1. The molecule has 4 atom stereocenters. The number of fused-ring (bicyclic) bond motifs is 3. The van der Waals surface area contributed by atoms with Crippen molar-refractivity contribution in [3.8, 4) is 0 Å². The molecule has 2 heterocycles. The first-order valence-electron chi connectivity index (χ1n) is 13.6. The van der Waals surface area contributed by atoms with Crippen LogP contribution in [-0.4, -0.2) is 77.8 Å². The van der Waals surface area contributed by atoms with E-state index in [2.05, 4.69) is 57.3 Å². The Labute approximate surface area is 248 Å². The molecule has 0 saturated carbocycles. The summed E-state index contributed by atoms with van der Waals surface area (Å²) < 4.78 is 8.22. The molecule has 2 aliphatic heterocycles. The van der Waals surface area contributed by atoms with Crippen molar-refractivity contribution < 1.29 is 32.3 Å². The van der Waals surface area contributed by atoms with E-state index in [9.17, 15) is 9.90 Å². The van der Waals surface area contributed by atoms with Crippen molar-refractivity contribution in [1.29, 1.82) is 0 Å². The molecule has 0 aliphatic carbocycles. The molecule has 2 fully saturated rings. The van der Waals surface area contributed by atoms with Crippen molar-refractivity contribution >= 4 is 47.7 Å². The van der Waals surface area contributed by atoms with E-state index in [-0.39, 0.29) is 17.7 Å². The zero-order valence-corrected chi connectivity index (χ0v) is 25.6. The molecule has 206 valence electrons. The van der Waals surface area contributed by atoms with Crippen LogP contribution in [0.2, 0.25) is 0 Å². The minimum absolute atomic E-state index is 0.0532. The van der Waals surface area contributed by atoms with Gasteiger partial charge in [0, 0.05) is 37.5 Å². The molecule has 0 aromatic heterocycles. The molecule has 2 aromatic rings. The first-order valence-corrected chi connectivity index (χ1v) is 15.5. The molecular weight excluding hydrogens is 601 g/mol. The van der Waals surface area contributed by atoms with Gasteiger partial charge in [-0.3, -0.25) is 9.69 Å². The van der Waals surface area contributed by atoms with Crippen LogP contribution in [0, 0.1) is 5.92 Å². The fourth-order valence-electron chi connectivity index (χ4n) is 6.41. The van der Waals surface area contributed by atoms with Crippen LogP contribution in [0.5, 0.6) is 0 Å². The average Bonchev–Trinajstić information content (AvgIpc) is 3.22. The van der Waals surface area contributed by atoms with Crippen molar-refractivity contribution in [2.75, 3.05) is 44.2 Å². The van der Waals surface area contributed by atoms with Gasteiger partial charge in [0.1, 0.15) is 5.78 Å². The van der Waals surface area contributed by atoms with Crippen LogP contribution < -0.4 is 5.11 Å². The first kappa shape index (κ1) is 31.4. The van der Waals surface area contributed by atoms with Crippen LogP contribution in [0.1, 0.15) is 50.5 Å². The summed E-state index contributed by atoms with van der Waals surface area (Å²) in [6.07, 6.45) is 4.85. The SMILES string of the molecule is CCC(=O)[C@H]1[C@@H](c2ccc3ccccc3c2)C[C@@H]2CC[C@H]1N2CCCN(CC[S-])CC([O-])=NCC[S-].[O]=[99Tc+3]. The number of hydrogen-bond acceptors (Lipinski definition) is 8. The van der Waals surface area contributed by atoms with E-state index in [0.29, 0.717) is 48.9 Å². The van der Waals surface area contributed by atoms with Crippen molar-refractivity contribution in [3.63, 3.8) is 0 Å². The Morgan fingerprint density at radius 3 is 2.58 bits per heavy atom. The molecule has 9 heteroatoms. The van der Waals surface area contributed by atoms with E-state index in [4.69, 9.17) is 28.8 Å². The molecule has 0 radical (unpaired) electrons. The second-order valence-electron chi connectivity index (χ2n) is 10.1. The molecule has 38 heavy (non-hydrogen) atoms. The summed E-state index contributed by atoms with van der Waals surface area (Å²) in [6.45, 7) is 5.24. The maximum atomic E-state index is 13.3. The van der Waals surface area contributed by atoms with Crippen molar-refractivity contribution in [3.05, 3.63) is 48.0 Å². The van der Waals surface area contributed by atoms with Gasteiger partial charge in [0.25, 0.3) is 0 Å². The van der Waals surface area contributed by atoms with Gasteiger partial charge >= 0.3 is 22.4 Å². The van der Waals surface area contributed by atoms with Crippen LogP contribution in [0.4, 0.5) is 0 Å². The fourth-order valence-corrected chi connectivity index (χ4v) is 6.75. The monoisotopic (exact) mass is 639 g/mol. The Morgan fingerprint density at radius 1 is 1.11 bits per heavy atom. The summed E-state index contributed by atoms with van der Waals surface area (Å²) >= 11 is 11.0. The van der Waals surface area contributed by atoms with E-state index >= 15 is 0 Å². The number of Topliss-reactive ketones (excluding diaryl/α,β-unsaturated/α-hetero) is 1. The molecular formula is C29H38N3O3S2Tc. The summed E-state index contributed by atoms with van der Waals surface area (Å²) in [7, 11) is 0. The van der Waals surface area contributed by atoms with Gasteiger partial charge in [-0.1, -0.05) is 49.4 Å². The molecule has 0 amide bonds. The Kier molecular flexibility index (Phi) is 13.4. The van der Waals surface area contributed by atoms with Gasteiger partial charge < -0.3 is 40.3 Å². The van der Waals surface area contributed by atoms with E-state index in [1.54, 1.807) is 0 Å². The van der Waals surface area contributed by atoms with Gasteiger partial charge in [-0.25, -0.2) is 0 Å². The van der Waals surface area contributed by atoms with Gasteiger partial charge in [-0.2, -0.15) is 11.5 Å². The standard InChI is InChI=1S/C29H41N3O2S2.O.Tc/c1-2-27(33)29-25(23-9-8-21-6-3-4-7-22(21)18-23)19-24-10-11-26(29)32(24)14-5-13-31(15-17-36)20-28(34)30-12-16-35;;/h3-4,6-9,18,24-26,29,35-36H,2,5,10-17,19-20H2,1H3,(H,30,34);;/q;;+3/p-3/t24-,25+,26+,29-;;/m0../s1/i;;1+1. The van der Waals surface area contributed by atoms with E-state index < -0.39 is 0 Å². The van der Waals surface area contributed by atoms with Crippen LogP contribution in [-0.2, 0) is 52.4 Å². The van der Waals surface area contributed by atoms with Gasteiger partial charge in [-0.15, -0.1) is 0 Å². The Bertz CT molecular complexity index is 1070. The number of hydrogen-bond donors (Lipinski definition) is 0.